The molecule has 162 valence electrons. The van der Waals surface area contributed by atoms with E-state index in [1.807, 2.05) is 31.2 Å². The van der Waals surface area contributed by atoms with Gasteiger partial charge in [0.2, 0.25) is 0 Å². The number of halogens is 1. The van der Waals surface area contributed by atoms with Crippen molar-refractivity contribution in [1.82, 2.24) is 10.3 Å². The second-order valence-electron chi connectivity index (χ2n) is 7.53. The minimum atomic E-state index is 0.337. The van der Waals surface area contributed by atoms with Gasteiger partial charge in [-0.2, -0.15) is 0 Å². The predicted octanol–water partition coefficient (Wildman–Crippen LogP) is 8.05. The van der Waals surface area contributed by atoms with Crippen LogP contribution in [-0.2, 0) is 0 Å². The Morgan fingerprint density at radius 2 is 2.03 bits per heavy atom. The predicted molar refractivity (Wildman–Crippen MR) is 134 cm³/mol. The molecule has 0 saturated heterocycles. The van der Waals surface area contributed by atoms with Crippen molar-refractivity contribution in [3.8, 4) is 0 Å². The van der Waals surface area contributed by atoms with Gasteiger partial charge < -0.3 is 5.32 Å². The van der Waals surface area contributed by atoms with Crippen molar-refractivity contribution in [3.05, 3.63) is 95.0 Å². The fourth-order valence-electron chi connectivity index (χ4n) is 3.00. The van der Waals surface area contributed by atoms with Crippen molar-refractivity contribution in [2.24, 2.45) is 0 Å². The van der Waals surface area contributed by atoms with Crippen LogP contribution < -0.4 is 5.32 Å². The molecule has 3 heteroatoms. The van der Waals surface area contributed by atoms with Crippen molar-refractivity contribution < 1.29 is 0 Å². The van der Waals surface area contributed by atoms with Crippen LogP contribution in [0.15, 0.2) is 83.7 Å². The maximum Gasteiger partial charge on any atom is 0.0481 e. The molecule has 1 aromatic rings. The van der Waals surface area contributed by atoms with Gasteiger partial charge in [-0.15, -0.1) is 0 Å². The first-order valence-electron chi connectivity index (χ1n) is 10.8. The summed E-state index contributed by atoms with van der Waals surface area (Å²) >= 11 is 6.63. The van der Waals surface area contributed by atoms with Crippen LogP contribution >= 0.6 is 11.6 Å². The lowest BCUT2D eigenvalue weighted by molar-refractivity contribution is 0.533. The molecular weight excluding hydrogens is 388 g/mol. The van der Waals surface area contributed by atoms with Crippen LogP contribution in [0.2, 0.25) is 0 Å². The molecule has 0 amide bonds. The zero-order chi connectivity index (χ0) is 22.5. The first kappa shape index (κ1) is 25.7. The normalized spacial score (nSPS) is 14.5. The van der Waals surface area contributed by atoms with E-state index in [1.54, 1.807) is 6.20 Å². The Bertz CT molecular complexity index is 840. The minimum Gasteiger partial charge on any atom is -0.385 e. The van der Waals surface area contributed by atoms with Crippen molar-refractivity contribution in [1.29, 1.82) is 0 Å². The van der Waals surface area contributed by atoms with Crippen molar-refractivity contribution in [2.75, 3.05) is 0 Å². The Morgan fingerprint density at radius 3 is 2.60 bits per heavy atom. The third-order valence-corrected chi connectivity index (χ3v) is 5.31. The number of hydrogen-bond acceptors (Lipinski definition) is 2. The van der Waals surface area contributed by atoms with E-state index in [-0.39, 0.29) is 0 Å². The Hall–Kier alpha value is -2.32. The highest BCUT2D eigenvalue weighted by Crippen LogP contribution is 2.27. The topological polar surface area (TPSA) is 24.9 Å². The van der Waals surface area contributed by atoms with E-state index >= 15 is 0 Å². The van der Waals surface area contributed by atoms with Gasteiger partial charge in [-0.25, -0.2) is 0 Å². The van der Waals surface area contributed by atoms with Crippen LogP contribution in [0, 0.1) is 6.92 Å². The zero-order valence-corrected chi connectivity index (χ0v) is 20.0. The average molecular weight is 425 g/mol. The van der Waals surface area contributed by atoms with Gasteiger partial charge in [-0.05, 0) is 81.0 Å². The Kier molecular flexibility index (Phi) is 11.8. The maximum absolute atomic E-state index is 6.63. The third-order valence-electron chi connectivity index (χ3n) is 4.97. The Balaban J connectivity index is 2.95. The molecule has 1 atom stereocenters. The molecule has 1 N–H and O–H groups in total. The first-order valence-corrected chi connectivity index (χ1v) is 11.1. The molecule has 0 aliphatic rings. The van der Waals surface area contributed by atoms with Gasteiger partial charge in [-0.1, -0.05) is 68.8 Å². The van der Waals surface area contributed by atoms with E-state index in [1.165, 1.54) is 11.3 Å². The Labute approximate surface area is 188 Å². The summed E-state index contributed by atoms with van der Waals surface area (Å²) in [6.45, 7) is 18.5. The van der Waals surface area contributed by atoms with Crippen LogP contribution in [-0.4, -0.2) is 11.0 Å². The number of aromatic nitrogens is 1. The second-order valence-corrected chi connectivity index (χ2v) is 7.94. The van der Waals surface area contributed by atoms with Crippen LogP contribution in [0.4, 0.5) is 0 Å². The summed E-state index contributed by atoms with van der Waals surface area (Å²) in [7, 11) is 0. The number of allylic oxidation sites excluding steroid dienone is 9. The minimum absolute atomic E-state index is 0.337. The van der Waals surface area contributed by atoms with E-state index in [0.717, 1.165) is 48.1 Å². The quantitative estimate of drug-likeness (QED) is 0.343. The number of pyridine rings is 1. The number of nitrogens with one attached hydrogen (secondary N) is 1. The fraction of sp³-hybridized carbons (Fsp3) is 0.370. The number of hydrogen-bond donors (Lipinski definition) is 1. The van der Waals surface area contributed by atoms with E-state index in [9.17, 15) is 0 Å². The van der Waals surface area contributed by atoms with Crippen molar-refractivity contribution in [2.45, 2.75) is 66.3 Å². The third kappa shape index (κ3) is 9.00. The standard InChI is InChI=1S/C27H37ClN2/c1-8-12-26(14-13-20(5)9-2)30-25(11-4)18-23(10-3)19-27(28)22(7)24-15-16-29-21(6)17-24/h9-10,13-17,19,25,30H,2,7-8,11-12,18H2,1,3-6H3/b20-13-,23-10-,26-14+,27-19+. The summed E-state index contributed by atoms with van der Waals surface area (Å²) in [4.78, 5) is 4.24. The molecule has 1 unspecified atom stereocenters. The van der Waals surface area contributed by atoms with Gasteiger partial charge in [0.25, 0.3) is 0 Å². The van der Waals surface area contributed by atoms with E-state index in [0.29, 0.717) is 11.1 Å². The van der Waals surface area contributed by atoms with Crippen LogP contribution in [0.5, 0.6) is 0 Å². The lowest BCUT2D eigenvalue weighted by Crippen LogP contribution is -2.28. The van der Waals surface area contributed by atoms with Crippen LogP contribution in [0.1, 0.15) is 64.6 Å². The summed E-state index contributed by atoms with van der Waals surface area (Å²) in [5.41, 5.74) is 6.39. The molecule has 0 saturated carbocycles. The van der Waals surface area contributed by atoms with Crippen molar-refractivity contribution in [3.63, 3.8) is 0 Å². The molecule has 0 spiro atoms. The van der Waals surface area contributed by atoms with E-state index in [2.05, 4.69) is 69.4 Å². The number of nitrogens with zero attached hydrogens (tertiary/aromatic N) is 1. The highest BCUT2D eigenvalue weighted by Gasteiger charge is 2.11. The summed E-state index contributed by atoms with van der Waals surface area (Å²) < 4.78 is 0. The average Bonchev–Trinajstić information content (AvgIpc) is 2.75. The monoisotopic (exact) mass is 424 g/mol. The second kappa shape index (κ2) is 13.8. The van der Waals surface area contributed by atoms with Gasteiger partial charge in [0.1, 0.15) is 0 Å². The summed E-state index contributed by atoms with van der Waals surface area (Å²) in [5.74, 6) is 0. The maximum atomic E-state index is 6.63. The molecule has 2 nitrogen and oxygen atoms in total. The van der Waals surface area contributed by atoms with Crippen LogP contribution in [0.25, 0.3) is 5.57 Å². The molecule has 1 rings (SSSR count). The lowest BCUT2D eigenvalue weighted by Gasteiger charge is -2.21. The first-order chi connectivity index (χ1) is 14.3. The van der Waals surface area contributed by atoms with Gasteiger partial charge in [0, 0.05) is 28.7 Å². The molecule has 1 heterocycles. The smallest absolute Gasteiger partial charge is 0.0481 e. The molecule has 0 aliphatic heterocycles. The summed E-state index contributed by atoms with van der Waals surface area (Å²) in [6.07, 6.45) is 16.2. The molecule has 0 bridgehead atoms. The largest absolute Gasteiger partial charge is 0.385 e. The molecule has 0 radical (unpaired) electrons. The lowest BCUT2D eigenvalue weighted by atomic mass is 10.00. The highest BCUT2D eigenvalue weighted by atomic mass is 35.5. The fourth-order valence-corrected chi connectivity index (χ4v) is 3.25. The highest BCUT2D eigenvalue weighted by molar-refractivity contribution is 6.37. The van der Waals surface area contributed by atoms with E-state index in [4.69, 9.17) is 11.6 Å². The van der Waals surface area contributed by atoms with E-state index < -0.39 is 0 Å². The van der Waals surface area contributed by atoms with Gasteiger partial charge in [-0.3, -0.25) is 4.98 Å². The molecular formula is C27H37ClN2. The molecule has 0 fully saturated rings. The van der Waals surface area contributed by atoms with Gasteiger partial charge in [0.05, 0.1) is 0 Å². The zero-order valence-electron chi connectivity index (χ0n) is 19.3. The Morgan fingerprint density at radius 1 is 1.30 bits per heavy atom. The molecule has 0 aliphatic carbocycles. The summed E-state index contributed by atoms with van der Waals surface area (Å²) in [6, 6.07) is 4.28. The van der Waals surface area contributed by atoms with Crippen LogP contribution in [0.3, 0.4) is 0 Å². The number of rotatable bonds is 12. The van der Waals surface area contributed by atoms with Crippen molar-refractivity contribution >= 4 is 17.2 Å². The number of aryl methyl sites for hydroxylation is 1. The summed E-state index contributed by atoms with van der Waals surface area (Å²) in [5, 5.41) is 4.39. The molecule has 0 aromatic carbocycles. The van der Waals surface area contributed by atoms with Gasteiger partial charge >= 0.3 is 0 Å². The SMILES string of the molecule is C=C/C(C)=C\C=C(/CCC)NC(CC)CC(=C/C)/C=C(/Cl)C(=C)c1ccnc(C)c1. The van der Waals surface area contributed by atoms with Gasteiger partial charge in [0.15, 0.2) is 0 Å². The molecule has 30 heavy (non-hydrogen) atoms. The molecule has 1 aromatic heterocycles.